The van der Waals surface area contributed by atoms with Crippen molar-refractivity contribution in [2.75, 3.05) is 12.4 Å². The molecule has 5 nitrogen and oxygen atoms in total. The van der Waals surface area contributed by atoms with Gasteiger partial charge in [-0.2, -0.15) is 5.26 Å². The number of nitriles is 1. The van der Waals surface area contributed by atoms with Gasteiger partial charge in [0.2, 0.25) is 5.13 Å². The van der Waals surface area contributed by atoms with Crippen molar-refractivity contribution in [2.24, 2.45) is 0 Å². The van der Waals surface area contributed by atoms with E-state index in [-0.39, 0.29) is 5.25 Å². The van der Waals surface area contributed by atoms with E-state index < -0.39 is 0 Å². The standard InChI is InChI=1S/C12H12N4OS2/c1-8(7-13)18-12-16-15-11(19-12)14-9-3-5-10(17-2)6-4-9/h3-6,8H,1-2H3,(H,14,15). The fourth-order valence-corrected chi connectivity index (χ4v) is 3.09. The van der Waals surface area contributed by atoms with Gasteiger partial charge >= 0.3 is 0 Å². The second-order valence-electron chi connectivity index (χ2n) is 3.62. The summed E-state index contributed by atoms with van der Waals surface area (Å²) in [6, 6.07) is 9.71. The molecule has 0 bridgehead atoms. The van der Waals surface area contributed by atoms with Crippen molar-refractivity contribution in [1.29, 1.82) is 5.26 Å². The molecule has 0 spiro atoms. The Morgan fingerprint density at radius 3 is 2.74 bits per heavy atom. The fraction of sp³-hybridized carbons (Fsp3) is 0.250. The first kappa shape index (κ1) is 13.6. The number of nitrogens with zero attached hydrogens (tertiary/aromatic N) is 3. The van der Waals surface area contributed by atoms with Crippen LogP contribution in [0, 0.1) is 11.3 Å². The van der Waals surface area contributed by atoms with Gasteiger partial charge in [0.1, 0.15) is 5.75 Å². The molecule has 0 radical (unpaired) electrons. The number of thioether (sulfide) groups is 1. The summed E-state index contributed by atoms with van der Waals surface area (Å²) < 4.78 is 5.87. The van der Waals surface area contributed by atoms with Crippen molar-refractivity contribution < 1.29 is 4.74 Å². The van der Waals surface area contributed by atoms with Crippen molar-refractivity contribution in [3.05, 3.63) is 24.3 Å². The van der Waals surface area contributed by atoms with E-state index in [1.54, 1.807) is 7.11 Å². The van der Waals surface area contributed by atoms with Gasteiger partial charge in [0.15, 0.2) is 4.34 Å². The van der Waals surface area contributed by atoms with Crippen molar-refractivity contribution in [2.45, 2.75) is 16.5 Å². The first-order chi connectivity index (χ1) is 9.21. The summed E-state index contributed by atoms with van der Waals surface area (Å²) in [6.07, 6.45) is 0. The molecule has 0 aliphatic rings. The van der Waals surface area contributed by atoms with Crippen LogP contribution in [-0.4, -0.2) is 22.6 Å². The molecule has 1 unspecified atom stereocenters. The van der Waals surface area contributed by atoms with Crippen molar-refractivity contribution >= 4 is 33.9 Å². The Balaban J connectivity index is 2.01. The fourth-order valence-electron chi connectivity index (χ4n) is 1.28. The molecule has 0 saturated heterocycles. The molecule has 2 aromatic rings. The van der Waals surface area contributed by atoms with Gasteiger partial charge in [-0.15, -0.1) is 10.2 Å². The highest BCUT2D eigenvalue weighted by atomic mass is 32.2. The molecule has 0 aliphatic heterocycles. The summed E-state index contributed by atoms with van der Waals surface area (Å²) in [6.45, 7) is 1.84. The lowest BCUT2D eigenvalue weighted by Crippen LogP contribution is -1.89. The first-order valence-corrected chi connectivity index (χ1v) is 7.21. The number of ether oxygens (including phenoxy) is 1. The van der Waals surface area contributed by atoms with E-state index in [2.05, 4.69) is 21.6 Å². The first-order valence-electron chi connectivity index (χ1n) is 5.52. The van der Waals surface area contributed by atoms with E-state index in [0.29, 0.717) is 5.13 Å². The third-order valence-electron chi connectivity index (χ3n) is 2.21. The molecule has 98 valence electrons. The quantitative estimate of drug-likeness (QED) is 0.853. The van der Waals surface area contributed by atoms with Crippen LogP contribution in [0.2, 0.25) is 0 Å². The van der Waals surface area contributed by atoms with Crippen LogP contribution >= 0.6 is 23.1 Å². The maximum absolute atomic E-state index is 8.75. The van der Waals surface area contributed by atoms with Gasteiger partial charge in [-0.3, -0.25) is 0 Å². The second kappa shape index (κ2) is 6.41. The highest BCUT2D eigenvalue weighted by Crippen LogP contribution is 2.30. The molecule has 0 saturated carbocycles. The van der Waals surface area contributed by atoms with Gasteiger partial charge in [-0.05, 0) is 31.2 Å². The lowest BCUT2D eigenvalue weighted by atomic mass is 10.3. The molecule has 0 amide bonds. The Bertz CT molecular complexity index is 576. The number of methoxy groups -OCH3 is 1. The van der Waals surface area contributed by atoms with Gasteiger partial charge in [-0.25, -0.2) is 0 Å². The molecular formula is C12H12N4OS2. The predicted octanol–water partition coefficient (Wildman–Crippen LogP) is 3.29. The van der Waals surface area contributed by atoms with Gasteiger partial charge in [-0.1, -0.05) is 23.1 Å². The molecule has 1 aromatic heterocycles. The van der Waals surface area contributed by atoms with Gasteiger partial charge in [0.05, 0.1) is 18.4 Å². The topological polar surface area (TPSA) is 70.8 Å². The Labute approximate surface area is 119 Å². The third kappa shape index (κ3) is 3.84. The lowest BCUT2D eigenvalue weighted by Gasteiger charge is -2.03. The lowest BCUT2D eigenvalue weighted by molar-refractivity contribution is 0.415. The summed E-state index contributed by atoms with van der Waals surface area (Å²) >= 11 is 2.83. The van der Waals surface area contributed by atoms with Crippen LogP contribution in [0.15, 0.2) is 28.6 Å². The minimum atomic E-state index is -0.123. The zero-order valence-electron chi connectivity index (χ0n) is 10.5. The zero-order valence-corrected chi connectivity index (χ0v) is 12.1. The number of nitrogens with one attached hydrogen (secondary N) is 1. The van der Waals surface area contributed by atoms with Gasteiger partial charge in [0.25, 0.3) is 0 Å². The summed E-state index contributed by atoms with van der Waals surface area (Å²) in [5, 5.41) is 20.6. The molecule has 7 heteroatoms. The van der Waals surface area contributed by atoms with Crippen LogP contribution in [0.4, 0.5) is 10.8 Å². The number of hydrogen-bond donors (Lipinski definition) is 1. The maximum Gasteiger partial charge on any atom is 0.210 e. The molecule has 1 heterocycles. The van der Waals surface area contributed by atoms with Crippen molar-refractivity contribution in [1.82, 2.24) is 10.2 Å². The molecule has 2 rings (SSSR count). The number of benzene rings is 1. The minimum absolute atomic E-state index is 0.123. The summed E-state index contributed by atoms with van der Waals surface area (Å²) in [7, 11) is 1.63. The summed E-state index contributed by atoms with van der Waals surface area (Å²) in [4.78, 5) is 0. The van der Waals surface area contributed by atoms with Gasteiger partial charge in [0, 0.05) is 5.69 Å². The number of aromatic nitrogens is 2. The Morgan fingerprint density at radius 2 is 2.11 bits per heavy atom. The van der Waals surface area contributed by atoms with Crippen LogP contribution in [0.3, 0.4) is 0 Å². The maximum atomic E-state index is 8.75. The van der Waals surface area contributed by atoms with Crippen LogP contribution in [0.1, 0.15) is 6.92 Å². The SMILES string of the molecule is COc1ccc(Nc2nnc(SC(C)C#N)s2)cc1. The van der Waals surface area contributed by atoms with Crippen LogP contribution in [-0.2, 0) is 0 Å². The number of rotatable bonds is 5. The Kier molecular flexibility index (Phi) is 4.60. The van der Waals surface area contributed by atoms with Crippen LogP contribution in [0.5, 0.6) is 5.75 Å². The summed E-state index contributed by atoms with van der Waals surface area (Å²) in [5.74, 6) is 0.807. The molecule has 1 atom stereocenters. The van der Waals surface area contributed by atoms with E-state index >= 15 is 0 Å². The summed E-state index contributed by atoms with van der Waals surface area (Å²) in [5.41, 5.74) is 0.918. The average molecular weight is 292 g/mol. The zero-order chi connectivity index (χ0) is 13.7. The van der Waals surface area contributed by atoms with E-state index in [4.69, 9.17) is 10.00 Å². The highest BCUT2D eigenvalue weighted by molar-refractivity contribution is 8.01. The smallest absolute Gasteiger partial charge is 0.210 e. The molecular weight excluding hydrogens is 280 g/mol. The molecule has 1 aromatic carbocycles. The Morgan fingerprint density at radius 1 is 1.37 bits per heavy atom. The Hall–Kier alpha value is -1.78. The van der Waals surface area contributed by atoms with Crippen LogP contribution in [0.25, 0.3) is 0 Å². The van der Waals surface area contributed by atoms with Crippen molar-refractivity contribution in [3.63, 3.8) is 0 Å². The molecule has 1 N–H and O–H groups in total. The minimum Gasteiger partial charge on any atom is -0.497 e. The van der Waals surface area contributed by atoms with Gasteiger partial charge < -0.3 is 10.1 Å². The third-order valence-corrected chi connectivity index (χ3v) is 4.12. The average Bonchev–Trinajstić information content (AvgIpc) is 2.86. The van der Waals surface area contributed by atoms with Crippen molar-refractivity contribution in [3.8, 4) is 11.8 Å². The van der Waals surface area contributed by atoms with E-state index in [1.165, 1.54) is 23.1 Å². The van der Waals surface area contributed by atoms with E-state index in [9.17, 15) is 0 Å². The molecule has 19 heavy (non-hydrogen) atoms. The normalized spacial score (nSPS) is 11.6. The largest absolute Gasteiger partial charge is 0.497 e. The number of hydrogen-bond acceptors (Lipinski definition) is 7. The molecule has 0 fully saturated rings. The second-order valence-corrected chi connectivity index (χ2v) is 6.18. The van der Waals surface area contributed by atoms with Crippen LogP contribution < -0.4 is 10.1 Å². The monoisotopic (exact) mass is 292 g/mol. The number of anilines is 2. The van der Waals surface area contributed by atoms with E-state index in [1.807, 2.05) is 31.2 Å². The highest BCUT2D eigenvalue weighted by Gasteiger charge is 2.09. The predicted molar refractivity (Wildman–Crippen MR) is 77.1 cm³/mol. The van der Waals surface area contributed by atoms with E-state index in [0.717, 1.165) is 15.8 Å². The molecule has 0 aliphatic carbocycles.